The summed E-state index contributed by atoms with van der Waals surface area (Å²) in [6.07, 6.45) is 9.35. The molecule has 0 aliphatic heterocycles. The van der Waals surface area contributed by atoms with Crippen LogP contribution in [0.3, 0.4) is 0 Å². The fraction of sp³-hybridized carbons (Fsp3) is 0.160. The molecule has 0 saturated carbocycles. The molecule has 3 heteroatoms. The number of hydrogen-bond acceptors (Lipinski definition) is 1. The van der Waals surface area contributed by atoms with Crippen LogP contribution in [0, 0.1) is 0 Å². The molecule has 142 valence electrons. The standard InChI is InChI=1S/C25H27N3/c1-6-12-23(19(4)7-2)22(8-3)25(28-18-26-5)27-17-21-15-11-14-20-13-9-10-16-24(20)21/h6-16,18H,2,5,17H2,1,3-4H3/b12-6-,22-8+,23-19-,27-25?,28-18?. The van der Waals surface area contributed by atoms with Gasteiger partial charge in [0.1, 0.15) is 6.34 Å². The van der Waals surface area contributed by atoms with E-state index in [4.69, 9.17) is 4.99 Å². The van der Waals surface area contributed by atoms with Crippen molar-refractivity contribution in [1.29, 1.82) is 0 Å². The zero-order valence-electron chi connectivity index (χ0n) is 16.9. The fourth-order valence-electron chi connectivity index (χ4n) is 3.00. The first kappa shape index (κ1) is 21.0. The van der Waals surface area contributed by atoms with Gasteiger partial charge in [-0.05, 0) is 55.0 Å². The average Bonchev–Trinajstić information content (AvgIpc) is 2.74. The van der Waals surface area contributed by atoms with Gasteiger partial charge in [-0.1, -0.05) is 73.3 Å². The molecule has 0 aliphatic rings. The predicted octanol–water partition coefficient (Wildman–Crippen LogP) is 6.49. The van der Waals surface area contributed by atoms with Gasteiger partial charge in [0.2, 0.25) is 0 Å². The Morgan fingerprint density at radius 1 is 1.07 bits per heavy atom. The number of nitrogens with zero attached hydrogens (tertiary/aromatic N) is 3. The van der Waals surface area contributed by atoms with Gasteiger partial charge in [0.25, 0.3) is 0 Å². The first-order chi connectivity index (χ1) is 13.7. The molecule has 0 unspecified atom stereocenters. The highest BCUT2D eigenvalue weighted by molar-refractivity contribution is 6.06. The molecule has 0 atom stereocenters. The maximum Gasteiger partial charge on any atom is 0.156 e. The SMILES string of the molecule is C=C/C(C)=C(/C=C\C)C(=C/C)\C(N=CN=C)=NCc1cccc2ccccc12. The van der Waals surface area contributed by atoms with Crippen LogP contribution in [0.4, 0.5) is 0 Å². The molecule has 0 aliphatic carbocycles. The maximum atomic E-state index is 4.83. The van der Waals surface area contributed by atoms with Crippen LogP contribution < -0.4 is 0 Å². The Kier molecular flexibility index (Phi) is 8.04. The lowest BCUT2D eigenvalue weighted by atomic mass is 9.98. The van der Waals surface area contributed by atoms with E-state index in [0.717, 1.165) is 22.3 Å². The van der Waals surface area contributed by atoms with Crippen LogP contribution in [-0.2, 0) is 6.54 Å². The van der Waals surface area contributed by atoms with Gasteiger partial charge in [0, 0.05) is 5.57 Å². The van der Waals surface area contributed by atoms with E-state index in [0.29, 0.717) is 12.4 Å². The number of fused-ring (bicyclic) bond motifs is 1. The number of hydrogen-bond donors (Lipinski definition) is 0. The van der Waals surface area contributed by atoms with Crippen molar-refractivity contribution in [2.24, 2.45) is 15.0 Å². The van der Waals surface area contributed by atoms with Gasteiger partial charge in [0.15, 0.2) is 5.84 Å². The summed E-state index contributed by atoms with van der Waals surface area (Å²) in [5.74, 6) is 0.622. The van der Waals surface area contributed by atoms with Gasteiger partial charge >= 0.3 is 0 Å². The monoisotopic (exact) mass is 369 g/mol. The molecule has 0 amide bonds. The Labute approximate surface area is 168 Å². The van der Waals surface area contributed by atoms with Crippen LogP contribution in [0.1, 0.15) is 26.3 Å². The van der Waals surface area contributed by atoms with Crippen molar-refractivity contribution in [1.82, 2.24) is 0 Å². The lowest BCUT2D eigenvalue weighted by molar-refractivity contribution is 1.07. The summed E-state index contributed by atoms with van der Waals surface area (Å²) in [6.45, 7) is 13.9. The van der Waals surface area contributed by atoms with Gasteiger partial charge in [0.05, 0.1) is 6.54 Å². The van der Waals surface area contributed by atoms with E-state index in [9.17, 15) is 0 Å². The largest absolute Gasteiger partial charge is 0.261 e. The smallest absolute Gasteiger partial charge is 0.156 e. The lowest BCUT2D eigenvalue weighted by Gasteiger charge is -2.12. The van der Waals surface area contributed by atoms with E-state index in [1.165, 1.54) is 17.1 Å². The van der Waals surface area contributed by atoms with Crippen molar-refractivity contribution in [3.05, 3.63) is 95.6 Å². The zero-order valence-corrected chi connectivity index (χ0v) is 16.9. The normalized spacial score (nSPS) is 14.0. The molecule has 2 aromatic carbocycles. The first-order valence-electron chi connectivity index (χ1n) is 9.28. The molecule has 0 fully saturated rings. The zero-order chi connectivity index (χ0) is 20.4. The van der Waals surface area contributed by atoms with E-state index in [2.05, 4.69) is 59.7 Å². The Hall–Kier alpha value is -3.33. The summed E-state index contributed by atoms with van der Waals surface area (Å²) in [5, 5.41) is 2.41. The summed E-state index contributed by atoms with van der Waals surface area (Å²) in [4.78, 5) is 13.0. The molecule has 0 radical (unpaired) electrons. The van der Waals surface area contributed by atoms with Crippen molar-refractivity contribution in [2.45, 2.75) is 27.3 Å². The molecular formula is C25H27N3. The van der Waals surface area contributed by atoms with E-state index in [-0.39, 0.29) is 0 Å². The van der Waals surface area contributed by atoms with Crippen molar-refractivity contribution in [3.8, 4) is 0 Å². The number of benzene rings is 2. The molecule has 3 nitrogen and oxygen atoms in total. The van der Waals surface area contributed by atoms with E-state index >= 15 is 0 Å². The van der Waals surface area contributed by atoms with Gasteiger partial charge in [-0.15, -0.1) is 0 Å². The van der Waals surface area contributed by atoms with Crippen LogP contribution in [-0.4, -0.2) is 18.9 Å². The Morgan fingerprint density at radius 3 is 2.50 bits per heavy atom. The summed E-state index contributed by atoms with van der Waals surface area (Å²) >= 11 is 0. The third-order valence-corrected chi connectivity index (χ3v) is 4.42. The first-order valence-corrected chi connectivity index (χ1v) is 9.28. The molecule has 0 aromatic heterocycles. The Morgan fingerprint density at radius 2 is 1.82 bits per heavy atom. The molecule has 2 aromatic rings. The van der Waals surface area contributed by atoms with Crippen LogP contribution >= 0.6 is 0 Å². The van der Waals surface area contributed by atoms with E-state index in [1.54, 1.807) is 0 Å². The summed E-state index contributed by atoms with van der Waals surface area (Å²) in [6, 6.07) is 14.6. The highest BCUT2D eigenvalue weighted by atomic mass is 15.0. The average molecular weight is 370 g/mol. The number of allylic oxidation sites excluding steroid dienone is 5. The summed E-state index contributed by atoms with van der Waals surface area (Å²) in [5.41, 5.74) is 4.20. The summed E-state index contributed by atoms with van der Waals surface area (Å²) < 4.78 is 0. The molecule has 0 bridgehead atoms. The molecule has 0 heterocycles. The van der Waals surface area contributed by atoms with Crippen LogP contribution in [0.5, 0.6) is 0 Å². The highest BCUT2D eigenvalue weighted by Gasteiger charge is 2.11. The molecule has 2 rings (SSSR count). The third kappa shape index (κ3) is 5.10. The van der Waals surface area contributed by atoms with Crippen molar-refractivity contribution in [2.75, 3.05) is 0 Å². The molecule has 28 heavy (non-hydrogen) atoms. The predicted molar refractivity (Wildman–Crippen MR) is 125 cm³/mol. The van der Waals surface area contributed by atoms with Gasteiger partial charge < -0.3 is 0 Å². The minimum absolute atomic E-state index is 0.527. The minimum Gasteiger partial charge on any atom is -0.261 e. The van der Waals surface area contributed by atoms with Crippen molar-refractivity contribution >= 4 is 29.7 Å². The number of aliphatic imine (C=N–C) groups is 3. The topological polar surface area (TPSA) is 37.1 Å². The second-order valence-electron chi connectivity index (χ2n) is 6.21. The third-order valence-electron chi connectivity index (χ3n) is 4.42. The maximum absolute atomic E-state index is 4.83. The Balaban J connectivity index is 2.54. The minimum atomic E-state index is 0.527. The molecular weight excluding hydrogens is 342 g/mol. The van der Waals surface area contributed by atoms with Gasteiger partial charge in [-0.25, -0.2) is 4.99 Å². The highest BCUT2D eigenvalue weighted by Crippen LogP contribution is 2.22. The van der Waals surface area contributed by atoms with E-state index in [1.807, 2.05) is 51.1 Å². The lowest BCUT2D eigenvalue weighted by Crippen LogP contribution is -2.05. The number of rotatable bonds is 7. The second kappa shape index (κ2) is 10.7. The Bertz CT molecular complexity index is 996. The molecule has 0 N–H and O–H groups in total. The van der Waals surface area contributed by atoms with Crippen molar-refractivity contribution in [3.63, 3.8) is 0 Å². The van der Waals surface area contributed by atoms with Crippen LogP contribution in [0.25, 0.3) is 10.8 Å². The number of amidine groups is 1. The van der Waals surface area contributed by atoms with E-state index < -0.39 is 0 Å². The van der Waals surface area contributed by atoms with Crippen LogP contribution in [0.15, 0.2) is 105 Å². The fourth-order valence-corrected chi connectivity index (χ4v) is 3.00. The van der Waals surface area contributed by atoms with Gasteiger partial charge in [-0.2, -0.15) is 0 Å². The quantitative estimate of drug-likeness (QED) is 0.304. The van der Waals surface area contributed by atoms with Crippen molar-refractivity contribution < 1.29 is 0 Å². The second-order valence-corrected chi connectivity index (χ2v) is 6.21. The van der Waals surface area contributed by atoms with Gasteiger partial charge in [-0.3, -0.25) is 9.98 Å². The molecule has 0 saturated heterocycles. The molecule has 0 spiro atoms. The van der Waals surface area contributed by atoms with Crippen LogP contribution in [0.2, 0.25) is 0 Å². The summed E-state index contributed by atoms with van der Waals surface area (Å²) in [7, 11) is 0.